The molecule has 1 aliphatic heterocycles. The average molecular weight is 313 g/mol. The van der Waals surface area contributed by atoms with Crippen LogP contribution in [-0.4, -0.2) is 29.3 Å². The third kappa shape index (κ3) is 2.46. The fourth-order valence-corrected chi connectivity index (χ4v) is 3.23. The summed E-state index contributed by atoms with van der Waals surface area (Å²) < 4.78 is 4.96. The second-order valence-electron chi connectivity index (χ2n) is 5.12. The highest BCUT2D eigenvalue weighted by atomic mass is 32.1. The van der Waals surface area contributed by atoms with Crippen LogP contribution in [-0.2, 0) is 14.9 Å². The zero-order chi connectivity index (χ0) is 15.6. The molecule has 3 heterocycles. The number of thiazole rings is 1. The lowest BCUT2D eigenvalue weighted by Crippen LogP contribution is -2.34. The number of aromatic nitrogens is 2. The van der Waals surface area contributed by atoms with Gasteiger partial charge in [-0.05, 0) is 24.6 Å². The minimum absolute atomic E-state index is 0.240. The van der Waals surface area contributed by atoms with Gasteiger partial charge in [-0.25, -0.2) is 9.78 Å². The Morgan fingerprint density at radius 2 is 2.27 bits per heavy atom. The zero-order valence-corrected chi connectivity index (χ0v) is 13.1. The molecule has 0 saturated carbocycles. The molecule has 2 unspecified atom stereocenters. The third-order valence-electron chi connectivity index (χ3n) is 3.69. The lowest BCUT2D eigenvalue weighted by molar-refractivity contribution is -0.136. The summed E-state index contributed by atoms with van der Waals surface area (Å²) >= 11 is 1.49. The molecule has 0 aromatic carbocycles. The van der Waals surface area contributed by atoms with Gasteiger partial charge in [0.05, 0.1) is 24.1 Å². The molecule has 0 saturated heterocycles. The summed E-state index contributed by atoms with van der Waals surface area (Å²) in [6.07, 6.45) is 8.81. The number of nitrogens with zero attached hydrogens (tertiary/aromatic N) is 3. The Bertz CT molecular complexity index is 725. The van der Waals surface area contributed by atoms with Gasteiger partial charge in [-0.1, -0.05) is 6.07 Å². The van der Waals surface area contributed by atoms with Gasteiger partial charge in [-0.3, -0.25) is 9.98 Å². The Balaban J connectivity index is 2.06. The van der Waals surface area contributed by atoms with Crippen LogP contribution >= 0.6 is 11.3 Å². The molecule has 0 radical (unpaired) electrons. The van der Waals surface area contributed by atoms with Crippen LogP contribution < -0.4 is 0 Å². The van der Waals surface area contributed by atoms with Crippen LogP contribution in [0.1, 0.15) is 23.5 Å². The lowest BCUT2D eigenvalue weighted by atomic mass is 9.80. The fourth-order valence-electron chi connectivity index (χ4n) is 2.45. The smallest absolute Gasteiger partial charge is 0.334 e. The van der Waals surface area contributed by atoms with Crippen molar-refractivity contribution in [3.05, 3.63) is 58.3 Å². The number of methoxy groups -OCH3 is 1. The minimum Gasteiger partial charge on any atom is -0.466 e. The van der Waals surface area contributed by atoms with E-state index in [1.807, 2.05) is 30.5 Å². The summed E-state index contributed by atoms with van der Waals surface area (Å²) in [5.74, 6) is -0.363. The van der Waals surface area contributed by atoms with Crippen molar-refractivity contribution in [2.24, 2.45) is 4.99 Å². The summed E-state index contributed by atoms with van der Waals surface area (Å²) in [5, 5.41) is 2.70. The van der Waals surface area contributed by atoms with E-state index in [2.05, 4.69) is 15.0 Å². The van der Waals surface area contributed by atoms with Crippen molar-refractivity contribution >= 4 is 23.5 Å². The summed E-state index contributed by atoms with van der Waals surface area (Å²) in [7, 11) is 1.39. The van der Waals surface area contributed by atoms with E-state index in [9.17, 15) is 4.79 Å². The standard InChI is InChI=1S/C16H15N3O2S/c1-16(15-18-6-7-22-15)10-19-13(8-12(16)14(20)21-2)11-4-3-5-17-9-11/h3-10,13H,1-2H3. The molecule has 2 aromatic rings. The first-order valence-corrected chi connectivity index (χ1v) is 7.68. The summed E-state index contributed by atoms with van der Waals surface area (Å²) in [6.45, 7) is 1.93. The lowest BCUT2D eigenvalue weighted by Gasteiger charge is -2.29. The molecular weight excluding hydrogens is 298 g/mol. The second-order valence-corrected chi connectivity index (χ2v) is 6.02. The summed E-state index contributed by atoms with van der Waals surface area (Å²) in [4.78, 5) is 25.3. The van der Waals surface area contributed by atoms with Gasteiger partial charge in [-0.15, -0.1) is 11.3 Å². The number of ether oxygens (including phenoxy) is 1. The highest BCUT2D eigenvalue weighted by Crippen LogP contribution is 2.38. The highest BCUT2D eigenvalue weighted by Gasteiger charge is 2.39. The Labute approximate surface area is 132 Å². The normalized spacial score (nSPS) is 23.9. The van der Waals surface area contributed by atoms with Gasteiger partial charge in [0.2, 0.25) is 0 Å². The van der Waals surface area contributed by atoms with E-state index in [-0.39, 0.29) is 12.0 Å². The van der Waals surface area contributed by atoms with Crippen LogP contribution in [0.4, 0.5) is 0 Å². The monoisotopic (exact) mass is 313 g/mol. The molecule has 112 valence electrons. The van der Waals surface area contributed by atoms with E-state index >= 15 is 0 Å². The predicted molar refractivity (Wildman–Crippen MR) is 85.0 cm³/mol. The van der Waals surface area contributed by atoms with Crippen LogP contribution in [0.2, 0.25) is 0 Å². The SMILES string of the molecule is COC(=O)C1=CC(c2cccnc2)N=CC1(C)c1nccs1. The van der Waals surface area contributed by atoms with Crippen molar-refractivity contribution in [2.45, 2.75) is 18.4 Å². The number of pyridine rings is 1. The Kier molecular flexibility index (Phi) is 3.85. The van der Waals surface area contributed by atoms with Crippen molar-refractivity contribution in [1.82, 2.24) is 9.97 Å². The van der Waals surface area contributed by atoms with Gasteiger partial charge >= 0.3 is 5.97 Å². The van der Waals surface area contributed by atoms with E-state index in [0.717, 1.165) is 10.6 Å². The molecule has 0 spiro atoms. The first-order chi connectivity index (χ1) is 10.6. The van der Waals surface area contributed by atoms with E-state index in [1.165, 1.54) is 18.4 Å². The predicted octanol–water partition coefficient (Wildman–Crippen LogP) is 2.72. The maximum absolute atomic E-state index is 12.3. The number of carbonyl (C=O) groups is 1. The Morgan fingerprint density at radius 1 is 1.41 bits per heavy atom. The maximum atomic E-state index is 12.3. The number of hydrogen-bond acceptors (Lipinski definition) is 6. The molecular formula is C16H15N3O2S. The van der Waals surface area contributed by atoms with E-state index < -0.39 is 5.41 Å². The van der Waals surface area contributed by atoms with Crippen molar-refractivity contribution in [3.63, 3.8) is 0 Å². The van der Waals surface area contributed by atoms with E-state index in [4.69, 9.17) is 4.74 Å². The highest BCUT2D eigenvalue weighted by molar-refractivity contribution is 7.09. The number of carbonyl (C=O) groups excluding carboxylic acids is 1. The van der Waals surface area contributed by atoms with Crippen LogP contribution in [0.3, 0.4) is 0 Å². The van der Waals surface area contributed by atoms with Crippen LogP contribution in [0.15, 0.2) is 52.7 Å². The summed E-state index contributed by atoms with van der Waals surface area (Å²) in [6, 6.07) is 3.55. The van der Waals surface area contributed by atoms with Gasteiger partial charge in [0.25, 0.3) is 0 Å². The zero-order valence-electron chi connectivity index (χ0n) is 12.3. The largest absolute Gasteiger partial charge is 0.466 e. The molecule has 1 aliphatic rings. The minimum atomic E-state index is -0.667. The van der Waals surface area contributed by atoms with Gasteiger partial charge in [-0.2, -0.15) is 0 Å². The van der Waals surface area contributed by atoms with Gasteiger partial charge < -0.3 is 4.74 Å². The van der Waals surface area contributed by atoms with Crippen LogP contribution in [0, 0.1) is 0 Å². The van der Waals surface area contributed by atoms with E-state index in [0.29, 0.717) is 5.57 Å². The molecule has 0 fully saturated rings. The molecule has 6 heteroatoms. The molecule has 2 aromatic heterocycles. The topological polar surface area (TPSA) is 64.4 Å². The molecule has 2 atom stereocenters. The Morgan fingerprint density at radius 3 is 2.91 bits per heavy atom. The van der Waals surface area contributed by atoms with Crippen molar-refractivity contribution in [1.29, 1.82) is 0 Å². The number of esters is 1. The maximum Gasteiger partial charge on any atom is 0.334 e. The first-order valence-electron chi connectivity index (χ1n) is 6.80. The van der Waals surface area contributed by atoms with Crippen LogP contribution in [0.5, 0.6) is 0 Å². The molecule has 0 amide bonds. The Hall–Kier alpha value is -2.34. The molecule has 0 bridgehead atoms. The van der Waals surface area contributed by atoms with Crippen molar-refractivity contribution in [2.75, 3.05) is 7.11 Å². The van der Waals surface area contributed by atoms with Crippen molar-refractivity contribution < 1.29 is 9.53 Å². The quantitative estimate of drug-likeness (QED) is 0.817. The van der Waals surface area contributed by atoms with E-state index in [1.54, 1.807) is 24.8 Å². The number of rotatable bonds is 3. The van der Waals surface area contributed by atoms with Gasteiger partial charge in [0.1, 0.15) is 5.01 Å². The van der Waals surface area contributed by atoms with Gasteiger partial charge in [0.15, 0.2) is 0 Å². The molecule has 22 heavy (non-hydrogen) atoms. The summed E-state index contributed by atoms with van der Waals surface area (Å²) in [5.41, 5.74) is 0.815. The van der Waals surface area contributed by atoms with Crippen molar-refractivity contribution in [3.8, 4) is 0 Å². The second kappa shape index (κ2) is 5.81. The van der Waals surface area contributed by atoms with Crippen LogP contribution in [0.25, 0.3) is 0 Å². The number of dihydropyridines is 1. The number of hydrogen-bond donors (Lipinski definition) is 0. The molecule has 3 rings (SSSR count). The van der Waals surface area contributed by atoms with Gasteiger partial charge in [0, 0.05) is 30.2 Å². The fraction of sp³-hybridized carbons (Fsp3) is 0.250. The molecule has 0 N–H and O–H groups in total. The molecule has 0 aliphatic carbocycles. The average Bonchev–Trinajstić information content (AvgIpc) is 3.10. The third-order valence-corrected chi connectivity index (χ3v) is 4.70. The first kappa shape index (κ1) is 14.6. The number of aliphatic imine (C=N–C) groups is 1. The molecule has 5 nitrogen and oxygen atoms in total.